The third kappa shape index (κ3) is 2.42. The Morgan fingerprint density at radius 2 is 2.25 bits per heavy atom. The van der Waals surface area contributed by atoms with E-state index in [0.717, 1.165) is 12.2 Å². The van der Waals surface area contributed by atoms with Gasteiger partial charge in [-0.15, -0.1) is 0 Å². The average Bonchev–Trinajstić information content (AvgIpc) is 2.77. The third-order valence-corrected chi connectivity index (χ3v) is 2.23. The summed E-state index contributed by atoms with van der Waals surface area (Å²) < 4.78 is 10.3. The zero-order valence-corrected chi connectivity index (χ0v) is 9.40. The Balaban J connectivity index is 2.17. The van der Waals surface area contributed by atoms with E-state index in [-0.39, 0.29) is 5.97 Å². The number of rotatable bonds is 3. The van der Waals surface area contributed by atoms with Crippen molar-refractivity contribution in [2.24, 2.45) is 5.92 Å². The lowest BCUT2D eigenvalue weighted by molar-refractivity contribution is -0.133. The van der Waals surface area contributed by atoms with Crippen LogP contribution in [0.1, 0.15) is 26.0 Å². The molecule has 1 aliphatic rings. The largest absolute Gasteiger partial charge is 0.465 e. The molecule has 1 aliphatic heterocycles. The summed E-state index contributed by atoms with van der Waals surface area (Å²) in [7, 11) is 0. The highest BCUT2D eigenvalue weighted by Crippen LogP contribution is 2.24. The van der Waals surface area contributed by atoms with Gasteiger partial charge in [0.15, 0.2) is 0 Å². The number of carbonyl (C=O) groups is 1. The lowest BCUT2D eigenvalue weighted by Crippen LogP contribution is -1.98. The van der Waals surface area contributed by atoms with Crippen molar-refractivity contribution in [3.8, 4) is 0 Å². The minimum atomic E-state index is -0.299. The van der Waals surface area contributed by atoms with E-state index >= 15 is 0 Å². The molecule has 3 heteroatoms. The van der Waals surface area contributed by atoms with Crippen LogP contribution in [-0.4, -0.2) is 5.97 Å². The molecule has 0 unspecified atom stereocenters. The Hall–Kier alpha value is -1.77. The van der Waals surface area contributed by atoms with Gasteiger partial charge in [0.2, 0.25) is 0 Å². The molecule has 1 aromatic heterocycles. The molecule has 84 valence electrons. The van der Waals surface area contributed by atoms with Gasteiger partial charge in [-0.05, 0) is 30.2 Å². The number of carbonyl (C=O) groups excluding carboxylic acids is 1. The first-order valence-corrected chi connectivity index (χ1v) is 5.33. The third-order valence-electron chi connectivity index (χ3n) is 2.23. The molecule has 0 N–H and O–H groups in total. The normalized spacial score (nSPS) is 18.1. The highest BCUT2D eigenvalue weighted by Gasteiger charge is 2.21. The number of esters is 1. The van der Waals surface area contributed by atoms with E-state index in [1.54, 1.807) is 30.5 Å². The topological polar surface area (TPSA) is 39.4 Å². The molecule has 0 radical (unpaired) electrons. The van der Waals surface area contributed by atoms with E-state index in [9.17, 15) is 4.79 Å². The van der Waals surface area contributed by atoms with Crippen molar-refractivity contribution in [2.45, 2.75) is 20.3 Å². The molecule has 2 heterocycles. The van der Waals surface area contributed by atoms with Gasteiger partial charge in [-0.3, -0.25) is 0 Å². The predicted octanol–water partition coefficient (Wildman–Crippen LogP) is 3.15. The summed E-state index contributed by atoms with van der Waals surface area (Å²) in [5.41, 5.74) is 0.547. The average molecular weight is 218 g/mol. The Bertz CT molecular complexity index is 436. The van der Waals surface area contributed by atoms with Crippen LogP contribution in [0.5, 0.6) is 0 Å². The number of furan rings is 1. The molecule has 0 saturated heterocycles. The standard InChI is InChI=1S/C13H14O3/c1-9(2)6-12-8-10(13(14)16-12)7-11-4-3-5-15-11/h3-5,7-9H,6H2,1-2H3/b10-7+. The molecule has 0 fully saturated rings. The maximum atomic E-state index is 11.5. The van der Waals surface area contributed by atoms with Crippen LogP contribution in [0.25, 0.3) is 6.08 Å². The molecule has 0 aromatic carbocycles. The number of allylic oxidation sites excluding steroid dienone is 1. The number of hydrogen-bond acceptors (Lipinski definition) is 3. The Labute approximate surface area is 94.4 Å². The molecule has 1 aromatic rings. The van der Waals surface area contributed by atoms with E-state index in [0.29, 0.717) is 17.3 Å². The molecule has 3 nitrogen and oxygen atoms in total. The maximum absolute atomic E-state index is 11.5. The first-order chi connectivity index (χ1) is 7.65. The minimum Gasteiger partial charge on any atom is -0.465 e. The number of hydrogen-bond donors (Lipinski definition) is 0. The Morgan fingerprint density at radius 3 is 2.88 bits per heavy atom. The highest BCUT2D eigenvalue weighted by molar-refractivity contribution is 5.99. The highest BCUT2D eigenvalue weighted by atomic mass is 16.5. The zero-order chi connectivity index (χ0) is 11.5. The number of ether oxygens (including phenoxy) is 1. The molecule has 0 spiro atoms. The summed E-state index contributed by atoms with van der Waals surface area (Å²) in [6.07, 6.45) is 5.83. The molecule has 0 bridgehead atoms. The fourth-order valence-corrected chi connectivity index (χ4v) is 1.57. The van der Waals surface area contributed by atoms with Crippen LogP contribution >= 0.6 is 0 Å². The SMILES string of the molecule is CC(C)CC1=C/C(=C\c2ccco2)C(=O)O1. The minimum absolute atomic E-state index is 0.299. The molecular weight excluding hydrogens is 204 g/mol. The van der Waals surface area contributed by atoms with Gasteiger partial charge in [-0.1, -0.05) is 13.8 Å². The maximum Gasteiger partial charge on any atom is 0.343 e. The van der Waals surface area contributed by atoms with Crippen LogP contribution < -0.4 is 0 Å². The van der Waals surface area contributed by atoms with Crippen LogP contribution in [0.2, 0.25) is 0 Å². The zero-order valence-electron chi connectivity index (χ0n) is 9.40. The lowest BCUT2D eigenvalue weighted by Gasteiger charge is -2.03. The van der Waals surface area contributed by atoms with Gasteiger partial charge in [-0.25, -0.2) is 4.79 Å². The van der Waals surface area contributed by atoms with Crippen LogP contribution in [0.15, 0.2) is 40.2 Å². The molecule has 16 heavy (non-hydrogen) atoms. The van der Waals surface area contributed by atoms with Crippen LogP contribution in [-0.2, 0) is 9.53 Å². The second-order valence-electron chi connectivity index (χ2n) is 4.21. The van der Waals surface area contributed by atoms with Crippen molar-refractivity contribution in [3.05, 3.63) is 41.6 Å². The first kappa shape index (κ1) is 10.7. The van der Waals surface area contributed by atoms with E-state index < -0.39 is 0 Å². The smallest absolute Gasteiger partial charge is 0.343 e. The van der Waals surface area contributed by atoms with Crippen molar-refractivity contribution < 1.29 is 13.9 Å². The van der Waals surface area contributed by atoms with Crippen LogP contribution in [0.4, 0.5) is 0 Å². The van der Waals surface area contributed by atoms with Gasteiger partial charge in [-0.2, -0.15) is 0 Å². The second kappa shape index (κ2) is 4.39. The van der Waals surface area contributed by atoms with E-state index in [1.807, 2.05) is 0 Å². The Kier molecular flexibility index (Phi) is 2.95. The fraction of sp³-hybridized carbons (Fsp3) is 0.308. The van der Waals surface area contributed by atoms with Gasteiger partial charge in [0.25, 0.3) is 0 Å². The summed E-state index contributed by atoms with van der Waals surface area (Å²) in [5, 5.41) is 0. The van der Waals surface area contributed by atoms with Gasteiger partial charge < -0.3 is 9.15 Å². The van der Waals surface area contributed by atoms with Crippen molar-refractivity contribution in [2.75, 3.05) is 0 Å². The van der Waals surface area contributed by atoms with E-state index in [2.05, 4.69) is 13.8 Å². The Morgan fingerprint density at radius 1 is 1.44 bits per heavy atom. The molecule has 0 amide bonds. The summed E-state index contributed by atoms with van der Waals surface area (Å²) in [6, 6.07) is 3.58. The fourth-order valence-electron chi connectivity index (χ4n) is 1.57. The molecule has 0 atom stereocenters. The molecule has 2 rings (SSSR count). The van der Waals surface area contributed by atoms with Crippen molar-refractivity contribution in [3.63, 3.8) is 0 Å². The summed E-state index contributed by atoms with van der Waals surface area (Å²) >= 11 is 0. The second-order valence-corrected chi connectivity index (χ2v) is 4.21. The summed E-state index contributed by atoms with van der Waals surface area (Å²) in [6.45, 7) is 4.17. The summed E-state index contributed by atoms with van der Waals surface area (Å²) in [4.78, 5) is 11.5. The van der Waals surface area contributed by atoms with E-state index in [1.165, 1.54) is 0 Å². The van der Waals surface area contributed by atoms with Crippen molar-refractivity contribution >= 4 is 12.0 Å². The lowest BCUT2D eigenvalue weighted by atomic mass is 10.1. The molecular formula is C13H14O3. The van der Waals surface area contributed by atoms with Crippen LogP contribution in [0.3, 0.4) is 0 Å². The van der Waals surface area contributed by atoms with Crippen LogP contribution in [0, 0.1) is 5.92 Å². The van der Waals surface area contributed by atoms with E-state index in [4.69, 9.17) is 9.15 Å². The van der Waals surface area contributed by atoms with Crippen molar-refractivity contribution in [1.82, 2.24) is 0 Å². The summed E-state index contributed by atoms with van der Waals surface area (Å²) in [5.74, 6) is 1.57. The van der Waals surface area contributed by atoms with Crippen molar-refractivity contribution in [1.29, 1.82) is 0 Å². The van der Waals surface area contributed by atoms with Gasteiger partial charge in [0.1, 0.15) is 11.5 Å². The molecule has 0 aliphatic carbocycles. The van der Waals surface area contributed by atoms with Gasteiger partial charge in [0.05, 0.1) is 11.8 Å². The van der Waals surface area contributed by atoms with Gasteiger partial charge >= 0.3 is 5.97 Å². The first-order valence-electron chi connectivity index (χ1n) is 5.33. The number of cyclic esters (lactones) is 1. The van der Waals surface area contributed by atoms with Gasteiger partial charge in [0, 0.05) is 6.42 Å². The monoisotopic (exact) mass is 218 g/mol. The quantitative estimate of drug-likeness (QED) is 0.578. The molecule has 0 saturated carbocycles. The predicted molar refractivity (Wildman–Crippen MR) is 60.3 cm³/mol.